The lowest BCUT2D eigenvalue weighted by Crippen LogP contribution is -1.97. The second-order valence-electron chi connectivity index (χ2n) is 4.07. The summed E-state index contributed by atoms with van der Waals surface area (Å²) in [6.45, 7) is 1.98. The van der Waals surface area contributed by atoms with Gasteiger partial charge in [0.25, 0.3) is 0 Å². The van der Waals surface area contributed by atoms with E-state index in [4.69, 9.17) is 19.9 Å². The summed E-state index contributed by atoms with van der Waals surface area (Å²) in [7, 11) is 4.87. The van der Waals surface area contributed by atoms with E-state index < -0.39 is 0 Å². The van der Waals surface area contributed by atoms with Crippen molar-refractivity contribution in [2.45, 2.75) is 6.92 Å². The molecule has 0 aromatic heterocycles. The zero-order valence-electron chi connectivity index (χ0n) is 11.0. The summed E-state index contributed by atoms with van der Waals surface area (Å²) in [5.41, 5.74) is 7.54. The van der Waals surface area contributed by atoms with Crippen LogP contribution in [0.3, 0.4) is 0 Å². The van der Waals surface area contributed by atoms with Crippen LogP contribution in [-0.2, 0) is 0 Å². The molecule has 0 spiro atoms. The van der Waals surface area contributed by atoms with E-state index in [0.29, 0.717) is 17.2 Å². The van der Waals surface area contributed by atoms with E-state index in [9.17, 15) is 0 Å². The second kappa shape index (κ2) is 4.64. The van der Waals surface area contributed by atoms with E-state index in [1.807, 2.05) is 19.1 Å². The summed E-state index contributed by atoms with van der Waals surface area (Å²) in [5.74, 6) is 2.19. The van der Waals surface area contributed by atoms with Gasteiger partial charge in [-0.3, -0.25) is 0 Å². The molecule has 96 valence electrons. The van der Waals surface area contributed by atoms with Crippen molar-refractivity contribution in [2.24, 2.45) is 0 Å². The van der Waals surface area contributed by atoms with Gasteiger partial charge >= 0.3 is 0 Å². The third-order valence-corrected chi connectivity index (χ3v) is 3.02. The van der Waals surface area contributed by atoms with Crippen molar-refractivity contribution in [1.29, 1.82) is 0 Å². The average molecular weight is 247 g/mol. The maximum atomic E-state index is 5.96. The molecule has 0 aliphatic heterocycles. The van der Waals surface area contributed by atoms with Crippen LogP contribution < -0.4 is 19.9 Å². The lowest BCUT2D eigenvalue weighted by atomic mass is 10.0. The minimum absolute atomic E-state index is 0.561. The van der Waals surface area contributed by atoms with Crippen LogP contribution in [0.2, 0.25) is 0 Å². The zero-order chi connectivity index (χ0) is 13.3. The molecule has 0 saturated heterocycles. The Hall–Kier alpha value is -2.10. The minimum atomic E-state index is 0.561. The molecule has 0 bridgehead atoms. The van der Waals surface area contributed by atoms with Crippen LogP contribution in [0, 0.1) is 6.92 Å². The van der Waals surface area contributed by atoms with Crippen LogP contribution in [-0.4, -0.2) is 21.3 Å². The number of benzene rings is 2. The molecule has 0 aliphatic rings. The van der Waals surface area contributed by atoms with Gasteiger partial charge in [0.2, 0.25) is 0 Å². The van der Waals surface area contributed by atoms with Gasteiger partial charge in [0.15, 0.2) is 0 Å². The molecule has 2 aromatic carbocycles. The zero-order valence-corrected chi connectivity index (χ0v) is 11.0. The van der Waals surface area contributed by atoms with Crippen LogP contribution in [0.1, 0.15) is 5.56 Å². The Kier molecular flexibility index (Phi) is 3.19. The highest BCUT2D eigenvalue weighted by molar-refractivity contribution is 5.99. The van der Waals surface area contributed by atoms with Gasteiger partial charge < -0.3 is 19.9 Å². The van der Waals surface area contributed by atoms with Crippen molar-refractivity contribution in [3.63, 3.8) is 0 Å². The Morgan fingerprint density at radius 3 is 2.06 bits per heavy atom. The van der Waals surface area contributed by atoms with Gasteiger partial charge in [0.05, 0.1) is 27.0 Å². The second-order valence-corrected chi connectivity index (χ2v) is 4.07. The molecule has 0 aliphatic carbocycles. The smallest absolute Gasteiger partial charge is 0.149 e. The lowest BCUT2D eigenvalue weighted by Gasteiger charge is -2.15. The van der Waals surface area contributed by atoms with Crippen molar-refractivity contribution in [1.82, 2.24) is 0 Å². The molecule has 0 radical (unpaired) electrons. The van der Waals surface area contributed by atoms with Gasteiger partial charge in [-0.1, -0.05) is 0 Å². The van der Waals surface area contributed by atoms with Gasteiger partial charge in [-0.05, 0) is 24.6 Å². The van der Waals surface area contributed by atoms with Crippen LogP contribution in [0.4, 0.5) is 5.69 Å². The Morgan fingerprint density at radius 1 is 0.833 bits per heavy atom. The van der Waals surface area contributed by atoms with Crippen LogP contribution in [0.15, 0.2) is 18.2 Å². The van der Waals surface area contributed by atoms with Crippen LogP contribution in [0.25, 0.3) is 10.8 Å². The largest absolute Gasteiger partial charge is 0.496 e. The summed E-state index contributed by atoms with van der Waals surface area (Å²) in [6.07, 6.45) is 0. The predicted molar refractivity (Wildman–Crippen MR) is 72.8 cm³/mol. The molecule has 0 saturated carbocycles. The average Bonchev–Trinajstić information content (AvgIpc) is 2.37. The van der Waals surface area contributed by atoms with Crippen LogP contribution >= 0.6 is 0 Å². The van der Waals surface area contributed by atoms with Gasteiger partial charge in [-0.25, -0.2) is 0 Å². The van der Waals surface area contributed by atoms with Crippen LogP contribution in [0.5, 0.6) is 17.2 Å². The van der Waals surface area contributed by atoms with Crippen molar-refractivity contribution in [3.8, 4) is 17.2 Å². The van der Waals surface area contributed by atoms with Gasteiger partial charge in [-0.2, -0.15) is 0 Å². The third-order valence-electron chi connectivity index (χ3n) is 3.02. The molecule has 0 unspecified atom stereocenters. The summed E-state index contributed by atoms with van der Waals surface area (Å²) in [5, 5.41) is 1.85. The summed E-state index contributed by atoms with van der Waals surface area (Å²) >= 11 is 0. The number of aryl methyl sites for hydroxylation is 1. The summed E-state index contributed by atoms with van der Waals surface area (Å²) in [6, 6.07) is 5.69. The van der Waals surface area contributed by atoms with Crippen molar-refractivity contribution < 1.29 is 14.2 Å². The fourth-order valence-corrected chi connectivity index (χ4v) is 2.14. The predicted octanol–water partition coefficient (Wildman–Crippen LogP) is 2.76. The molecule has 4 nitrogen and oxygen atoms in total. The van der Waals surface area contributed by atoms with E-state index in [0.717, 1.165) is 22.1 Å². The standard InChI is InChI=1S/C14H17NO3/c1-8-5-10-9(6-12(8)16-2)13(17-3)7-11(15)14(10)18-4/h5-7H,15H2,1-4H3. The number of hydrogen-bond donors (Lipinski definition) is 1. The molecular weight excluding hydrogens is 230 g/mol. The maximum Gasteiger partial charge on any atom is 0.149 e. The fraction of sp³-hybridized carbons (Fsp3) is 0.286. The van der Waals surface area contributed by atoms with Crippen molar-refractivity contribution in [2.75, 3.05) is 27.1 Å². The number of hydrogen-bond acceptors (Lipinski definition) is 4. The molecule has 2 aromatic rings. The first-order valence-corrected chi connectivity index (χ1v) is 5.61. The number of methoxy groups -OCH3 is 3. The van der Waals surface area contributed by atoms with E-state index in [2.05, 4.69) is 0 Å². The Labute approximate surface area is 106 Å². The molecule has 0 atom stereocenters. The number of nitrogens with two attached hydrogens (primary N) is 1. The van der Waals surface area contributed by atoms with Crippen molar-refractivity contribution >= 4 is 16.5 Å². The van der Waals surface area contributed by atoms with E-state index in [-0.39, 0.29) is 0 Å². The Morgan fingerprint density at radius 2 is 1.50 bits per heavy atom. The highest BCUT2D eigenvalue weighted by Gasteiger charge is 2.14. The minimum Gasteiger partial charge on any atom is -0.496 e. The van der Waals surface area contributed by atoms with E-state index in [1.54, 1.807) is 27.4 Å². The number of rotatable bonds is 3. The molecule has 0 fully saturated rings. The molecule has 0 amide bonds. The van der Waals surface area contributed by atoms with E-state index in [1.165, 1.54) is 0 Å². The lowest BCUT2D eigenvalue weighted by molar-refractivity contribution is 0.407. The quantitative estimate of drug-likeness (QED) is 0.847. The Balaban J connectivity index is 2.88. The topological polar surface area (TPSA) is 53.7 Å². The SMILES string of the molecule is COc1cc2c(OC)cc(N)c(OC)c2cc1C. The molecule has 0 heterocycles. The van der Waals surface area contributed by atoms with Gasteiger partial charge in [0, 0.05) is 16.8 Å². The molecule has 4 heteroatoms. The summed E-state index contributed by atoms with van der Waals surface area (Å²) < 4.78 is 16.0. The normalized spacial score (nSPS) is 10.4. The number of anilines is 1. The monoisotopic (exact) mass is 247 g/mol. The fourth-order valence-electron chi connectivity index (χ4n) is 2.14. The highest BCUT2D eigenvalue weighted by Crippen LogP contribution is 2.41. The highest BCUT2D eigenvalue weighted by atomic mass is 16.5. The first-order valence-electron chi connectivity index (χ1n) is 5.61. The molecule has 2 N–H and O–H groups in total. The Bertz CT molecular complexity index is 593. The van der Waals surface area contributed by atoms with Gasteiger partial charge in [-0.15, -0.1) is 0 Å². The van der Waals surface area contributed by atoms with Crippen molar-refractivity contribution in [3.05, 3.63) is 23.8 Å². The summed E-state index contributed by atoms with van der Waals surface area (Å²) in [4.78, 5) is 0. The molecular formula is C14H17NO3. The molecule has 18 heavy (non-hydrogen) atoms. The first-order chi connectivity index (χ1) is 8.62. The third kappa shape index (κ3) is 1.79. The van der Waals surface area contributed by atoms with Gasteiger partial charge in [0.1, 0.15) is 17.2 Å². The number of nitrogen functional groups attached to an aromatic ring is 1. The first kappa shape index (κ1) is 12.4. The molecule has 2 rings (SSSR count). The maximum absolute atomic E-state index is 5.96. The van der Waals surface area contributed by atoms with E-state index >= 15 is 0 Å². The number of ether oxygens (including phenoxy) is 3. The number of fused-ring (bicyclic) bond motifs is 1.